The maximum Gasteiger partial charge on any atom is 0.338 e. The lowest BCUT2D eigenvalue weighted by molar-refractivity contribution is -0.139. The summed E-state index contributed by atoms with van der Waals surface area (Å²) in [7, 11) is 3.08. The molecule has 1 unspecified atom stereocenters. The number of nitrogens with one attached hydrogen (secondary N) is 1. The molecule has 2 amide bonds. The molecule has 0 aromatic heterocycles. The van der Waals surface area contributed by atoms with Crippen LogP contribution in [0.2, 0.25) is 0 Å². The largest absolute Gasteiger partial charge is 0.493 e. The zero-order chi connectivity index (χ0) is 18.6. The standard InChI is InChI=1S/C18H24N2O5/c1-6-20-11(3)15(17(21)25-7-2)16(19-18(20)22)12-8-9-13(23-4)14(10-12)24-5/h8-10,16H,6-7H2,1-5H3,(H,19,22). The Labute approximate surface area is 147 Å². The van der Waals surface area contributed by atoms with Gasteiger partial charge < -0.3 is 19.5 Å². The van der Waals surface area contributed by atoms with Gasteiger partial charge in [-0.1, -0.05) is 6.07 Å². The minimum Gasteiger partial charge on any atom is -0.493 e. The van der Waals surface area contributed by atoms with Crippen molar-refractivity contribution in [2.24, 2.45) is 0 Å². The molecule has 1 heterocycles. The van der Waals surface area contributed by atoms with E-state index in [0.717, 1.165) is 0 Å². The third kappa shape index (κ3) is 3.55. The Morgan fingerprint density at radius 2 is 1.88 bits per heavy atom. The number of rotatable bonds is 6. The molecule has 1 aromatic rings. The van der Waals surface area contributed by atoms with Crippen LogP contribution in [0.15, 0.2) is 29.5 Å². The summed E-state index contributed by atoms with van der Waals surface area (Å²) < 4.78 is 15.8. The molecule has 25 heavy (non-hydrogen) atoms. The molecule has 0 saturated carbocycles. The highest BCUT2D eigenvalue weighted by molar-refractivity contribution is 5.95. The normalized spacial score (nSPS) is 17.2. The Morgan fingerprint density at radius 3 is 2.44 bits per heavy atom. The highest BCUT2D eigenvalue weighted by Gasteiger charge is 2.36. The third-order valence-electron chi connectivity index (χ3n) is 4.15. The van der Waals surface area contributed by atoms with Crippen molar-refractivity contribution in [3.05, 3.63) is 35.0 Å². The van der Waals surface area contributed by atoms with Crippen molar-refractivity contribution in [1.29, 1.82) is 0 Å². The zero-order valence-corrected chi connectivity index (χ0v) is 15.2. The zero-order valence-electron chi connectivity index (χ0n) is 15.2. The molecule has 0 radical (unpaired) electrons. The van der Waals surface area contributed by atoms with Gasteiger partial charge in [-0.05, 0) is 38.5 Å². The molecule has 7 nitrogen and oxygen atoms in total. The summed E-state index contributed by atoms with van der Waals surface area (Å²) in [6.07, 6.45) is 0. The smallest absolute Gasteiger partial charge is 0.338 e. The topological polar surface area (TPSA) is 77.1 Å². The summed E-state index contributed by atoms with van der Waals surface area (Å²) in [5.41, 5.74) is 1.71. The van der Waals surface area contributed by atoms with E-state index >= 15 is 0 Å². The number of amides is 2. The van der Waals surface area contributed by atoms with E-state index in [1.54, 1.807) is 39.2 Å². The lowest BCUT2D eigenvalue weighted by atomic mass is 9.94. The van der Waals surface area contributed by atoms with E-state index in [1.165, 1.54) is 12.0 Å². The molecule has 1 aromatic carbocycles. The Balaban J connectivity index is 2.55. The van der Waals surface area contributed by atoms with Crippen LogP contribution < -0.4 is 14.8 Å². The molecule has 0 saturated heterocycles. The molecule has 1 N–H and O–H groups in total. The molecule has 7 heteroatoms. The molecule has 1 aliphatic rings. The van der Waals surface area contributed by atoms with Crippen LogP contribution in [0.1, 0.15) is 32.4 Å². The minimum absolute atomic E-state index is 0.257. The number of carbonyl (C=O) groups is 2. The first-order valence-corrected chi connectivity index (χ1v) is 8.16. The number of hydrogen-bond acceptors (Lipinski definition) is 5. The Bertz CT molecular complexity index is 699. The molecular weight excluding hydrogens is 324 g/mol. The van der Waals surface area contributed by atoms with E-state index in [2.05, 4.69) is 5.32 Å². The van der Waals surface area contributed by atoms with Crippen LogP contribution in [0.25, 0.3) is 0 Å². The van der Waals surface area contributed by atoms with Crippen LogP contribution in [0.5, 0.6) is 11.5 Å². The van der Waals surface area contributed by atoms with Crippen molar-refractivity contribution in [1.82, 2.24) is 10.2 Å². The Hall–Kier alpha value is -2.70. The Morgan fingerprint density at radius 1 is 1.20 bits per heavy atom. The van der Waals surface area contributed by atoms with Crippen molar-refractivity contribution < 1.29 is 23.8 Å². The number of urea groups is 1. The monoisotopic (exact) mass is 348 g/mol. The Kier molecular flexibility index (Phi) is 5.90. The highest BCUT2D eigenvalue weighted by atomic mass is 16.5. The van der Waals surface area contributed by atoms with E-state index in [-0.39, 0.29) is 12.6 Å². The predicted octanol–water partition coefficient (Wildman–Crippen LogP) is 2.63. The van der Waals surface area contributed by atoms with E-state index in [1.807, 2.05) is 6.92 Å². The molecule has 1 aliphatic heterocycles. The summed E-state index contributed by atoms with van der Waals surface area (Å²) in [5, 5.41) is 2.87. The van der Waals surface area contributed by atoms with Crippen LogP contribution in [0.3, 0.4) is 0 Å². The van der Waals surface area contributed by atoms with Crippen molar-refractivity contribution in [2.45, 2.75) is 26.8 Å². The van der Waals surface area contributed by atoms with Crippen LogP contribution in [-0.2, 0) is 9.53 Å². The quantitative estimate of drug-likeness (QED) is 0.800. The summed E-state index contributed by atoms with van der Waals surface area (Å²) in [6, 6.07) is 4.41. The lowest BCUT2D eigenvalue weighted by Gasteiger charge is -2.34. The minimum atomic E-state index is -0.617. The van der Waals surface area contributed by atoms with E-state index in [0.29, 0.717) is 34.9 Å². The first-order valence-electron chi connectivity index (χ1n) is 8.16. The van der Waals surface area contributed by atoms with Gasteiger partial charge in [-0.15, -0.1) is 0 Å². The average Bonchev–Trinajstić information content (AvgIpc) is 2.61. The second kappa shape index (κ2) is 7.92. The number of nitrogens with zero attached hydrogens (tertiary/aromatic N) is 1. The number of carbonyl (C=O) groups excluding carboxylic acids is 2. The number of esters is 1. The van der Waals surface area contributed by atoms with Gasteiger partial charge in [0.1, 0.15) is 0 Å². The SMILES string of the molecule is CCOC(=O)C1=C(C)N(CC)C(=O)NC1c1ccc(OC)c(OC)c1. The average molecular weight is 348 g/mol. The number of allylic oxidation sites excluding steroid dienone is 1. The van der Waals surface area contributed by atoms with Gasteiger partial charge in [0.2, 0.25) is 0 Å². The van der Waals surface area contributed by atoms with Crippen molar-refractivity contribution >= 4 is 12.0 Å². The van der Waals surface area contributed by atoms with Gasteiger partial charge in [-0.3, -0.25) is 4.90 Å². The summed E-state index contributed by atoms with van der Waals surface area (Å²) in [6.45, 7) is 6.07. The number of methoxy groups -OCH3 is 2. The predicted molar refractivity (Wildman–Crippen MR) is 92.5 cm³/mol. The fourth-order valence-electron chi connectivity index (χ4n) is 2.92. The van der Waals surface area contributed by atoms with Gasteiger partial charge >= 0.3 is 12.0 Å². The van der Waals surface area contributed by atoms with Crippen LogP contribution in [-0.4, -0.2) is 44.3 Å². The summed E-state index contributed by atoms with van der Waals surface area (Å²) >= 11 is 0. The third-order valence-corrected chi connectivity index (χ3v) is 4.15. The highest BCUT2D eigenvalue weighted by Crippen LogP contribution is 2.35. The van der Waals surface area contributed by atoms with Gasteiger partial charge in [0.05, 0.1) is 32.4 Å². The summed E-state index contributed by atoms with van der Waals surface area (Å²) in [4.78, 5) is 26.4. The van der Waals surface area contributed by atoms with Gasteiger partial charge in [-0.2, -0.15) is 0 Å². The van der Waals surface area contributed by atoms with E-state index in [9.17, 15) is 9.59 Å². The lowest BCUT2D eigenvalue weighted by Crippen LogP contribution is -2.47. The van der Waals surface area contributed by atoms with Gasteiger partial charge in [0.25, 0.3) is 0 Å². The second-order valence-electron chi connectivity index (χ2n) is 5.46. The molecule has 0 bridgehead atoms. The molecule has 0 aliphatic carbocycles. The fourth-order valence-corrected chi connectivity index (χ4v) is 2.92. The van der Waals surface area contributed by atoms with Gasteiger partial charge in [-0.25, -0.2) is 9.59 Å². The molecule has 1 atom stereocenters. The van der Waals surface area contributed by atoms with E-state index < -0.39 is 12.0 Å². The molecule has 0 fully saturated rings. The fraction of sp³-hybridized carbons (Fsp3) is 0.444. The number of benzene rings is 1. The maximum atomic E-state index is 12.5. The molecule has 2 rings (SSSR count). The van der Waals surface area contributed by atoms with Gasteiger partial charge in [0, 0.05) is 12.2 Å². The molecule has 136 valence electrons. The second-order valence-corrected chi connectivity index (χ2v) is 5.46. The summed E-state index contributed by atoms with van der Waals surface area (Å²) in [5.74, 6) is 0.647. The van der Waals surface area contributed by atoms with Crippen LogP contribution >= 0.6 is 0 Å². The number of hydrogen-bond donors (Lipinski definition) is 1. The van der Waals surface area contributed by atoms with Gasteiger partial charge in [0.15, 0.2) is 11.5 Å². The van der Waals surface area contributed by atoms with Crippen molar-refractivity contribution in [2.75, 3.05) is 27.4 Å². The maximum absolute atomic E-state index is 12.5. The van der Waals surface area contributed by atoms with Crippen molar-refractivity contribution in [3.8, 4) is 11.5 Å². The molecular formula is C18H24N2O5. The van der Waals surface area contributed by atoms with Crippen LogP contribution in [0, 0.1) is 0 Å². The first kappa shape index (κ1) is 18.6. The van der Waals surface area contributed by atoms with E-state index in [4.69, 9.17) is 14.2 Å². The van der Waals surface area contributed by atoms with Crippen molar-refractivity contribution in [3.63, 3.8) is 0 Å². The number of ether oxygens (including phenoxy) is 3. The molecule has 0 spiro atoms. The van der Waals surface area contributed by atoms with Crippen LogP contribution in [0.4, 0.5) is 4.79 Å². The first-order chi connectivity index (χ1) is 12.0.